The van der Waals surface area contributed by atoms with Crippen molar-refractivity contribution in [2.45, 2.75) is 19.1 Å². The zero-order chi connectivity index (χ0) is 30.6. The minimum atomic E-state index is -4.48. The molecule has 10 heteroatoms. The fourth-order valence-corrected chi connectivity index (χ4v) is 5.73. The molecule has 3 heterocycles. The third kappa shape index (κ3) is 4.68. The summed E-state index contributed by atoms with van der Waals surface area (Å²) < 4.78 is 42.6. The number of hydrogen-bond acceptors (Lipinski definition) is 6. The van der Waals surface area contributed by atoms with Gasteiger partial charge in [0.15, 0.2) is 17.5 Å². The van der Waals surface area contributed by atoms with Crippen LogP contribution in [0.2, 0.25) is 0 Å². The Hall–Kier alpha value is -5.38. The first-order chi connectivity index (χ1) is 21.2. The van der Waals surface area contributed by atoms with Crippen molar-refractivity contribution in [2.75, 3.05) is 29.2 Å². The van der Waals surface area contributed by atoms with Gasteiger partial charge in [0.2, 0.25) is 0 Å². The van der Waals surface area contributed by atoms with E-state index in [1.165, 1.54) is 6.07 Å². The summed E-state index contributed by atoms with van der Waals surface area (Å²) in [7, 11) is 3.99. The van der Waals surface area contributed by atoms with E-state index in [9.17, 15) is 13.2 Å². The maximum atomic E-state index is 13.6. The van der Waals surface area contributed by atoms with E-state index >= 15 is 0 Å². The normalized spacial score (nSPS) is 15.5. The zero-order valence-electron chi connectivity index (χ0n) is 24.2. The van der Waals surface area contributed by atoms with Crippen molar-refractivity contribution in [3.8, 4) is 5.69 Å². The van der Waals surface area contributed by atoms with Crippen molar-refractivity contribution in [2.24, 2.45) is 9.98 Å². The first-order valence-corrected chi connectivity index (χ1v) is 14.1. The third-order valence-corrected chi connectivity index (χ3v) is 7.82. The van der Waals surface area contributed by atoms with Gasteiger partial charge in [0.1, 0.15) is 0 Å². The molecule has 2 aliphatic rings. The summed E-state index contributed by atoms with van der Waals surface area (Å²) in [5.41, 5.74) is 5.68. The number of fused-ring (bicyclic) bond motifs is 4. The fraction of sp³-hybridized carbons (Fsp3) is 0.147. The largest absolute Gasteiger partial charge is 0.416 e. The van der Waals surface area contributed by atoms with Crippen molar-refractivity contribution < 1.29 is 13.2 Å². The summed E-state index contributed by atoms with van der Waals surface area (Å²) in [6, 6.07) is 30.6. The predicted octanol–water partition coefficient (Wildman–Crippen LogP) is 8.06. The number of rotatable bonds is 4. The van der Waals surface area contributed by atoms with Gasteiger partial charge in [0, 0.05) is 31.0 Å². The number of anilines is 3. The summed E-state index contributed by atoms with van der Waals surface area (Å²) in [4.78, 5) is 14.2. The molecule has 7 nitrogen and oxygen atoms in total. The monoisotopic (exact) mass is 591 g/mol. The maximum absolute atomic E-state index is 13.6. The molecule has 0 saturated heterocycles. The first kappa shape index (κ1) is 27.5. The summed E-state index contributed by atoms with van der Waals surface area (Å²) in [6.07, 6.45) is -4.48. The first-order valence-electron chi connectivity index (χ1n) is 14.1. The van der Waals surface area contributed by atoms with Crippen molar-refractivity contribution in [1.29, 1.82) is 0 Å². The van der Waals surface area contributed by atoms with Gasteiger partial charge in [-0.1, -0.05) is 48.5 Å². The topological polar surface area (TPSA) is 61.1 Å². The highest BCUT2D eigenvalue weighted by Gasteiger charge is 2.41. The average Bonchev–Trinajstić information content (AvgIpc) is 3.36. The number of benzene rings is 4. The molecule has 1 aromatic heterocycles. The van der Waals surface area contributed by atoms with Crippen LogP contribution in [0.5, 0.6) is 0 Å². The van der Waals surface area contributed by atoms with Gasteiger partial charge >= 0.3 is 6.18 Å². The standard InChI is InChI=1S/C34H28F3N7/c1-21-29-30(22-16-18-25(19-17-22)42(2)3)43-28-15-8-7-14-27(28)39-31(38-24-11-9-10-23(20-24)34(35,36)37)33(43)40-32(29)44(41-21)26-12-5-4-6-13-26/h4-20,30H,1-3H3,(H,38,39)/t30-/m0/s1. The van der Waals surface area contributed by atoms with Crippen LogP contribution in [0, 0.1) is 6.92 Å². The van der Waals surface area contributed by atoms with Crippen LogP contribution in [0.25, 0.3) is 5.69 Å². The van der Waals surface area contributed by atoms with Crippen molar-refractivity contribution in [1.82, 2.24) is 9.78 Å². The van der Waals surface area contributed by atoms with Gasteiger partial charge in [-0.15, -0.1) is 0 Å². The zero-order valence-corrected chi connectivity index (χ0v) is 24.2. The number of hydrogen-bond donors (Lipinski definition) is 1. The fourth-order valence-electron chi connectivity index (χ4n) is 5.73. The number of alkyl halides is 3. The van der Waals surface area contributed by atoms with Crippen molar-refractivity contribution >= 4 is 40.2 Å². The Morgan fingerprint density at radius 3 is 2.27 bits per heavy atom. The van der Waals surface area contributed by atoms with Gasteiger partial charge in [-0.3, -0.25) is 0 Å². The highest BCUT2D eigenvalue weighted by Crippen LogP contribution is 2.48. The van der Waals surface area contributed by atoms with Gasteiger partial charge in [-0.25, -0.2) is 14.7 Å². The Morgan fingerprint density at radius 2 is 1.55 bits per heavy atom. The van der Waals surface area contributed by atoms with Crippen LogP contribution in [0.1, 0.15) is 28.4 Å². The molecule has 4 aromatic carbocycles. The van der Waals surface area contributed by atoms with Gasteiger partial charge < -0.3 is 15.1 Å². The number of amidine groups is 2. The van der Waals surface area contributed by atoms with Crippen LogP contribution in [0.4, 0.5) is 41.7 Å². The number of halogens is 3. The van der Waals surface area contributed by atoms with Crippen LogP contribution < -0.4 is 15.1 Å². The van der Waals surface area contributed by atoms with E-state index in [1.54, 1.807) is 6.07 Å². The molecular weight excluding hydrogens is 563 g/mol. The minimum absolute atomic E-state index is 0.256. The summed E-state index contributed by atoms with van der Waals surface area (Å²) in [5.74, 6) is 1.45. The number of nitrogens with one attached hydrogen (secondary N) is 1. The van der Waals surface area contributed by atoms with Crippen LogP contribution in [-0.4, -0.2) is 35.5 Å². The second-order valence-electron chi connectivity index (χ2n) is 10.9. The molecule has 0 spiro atoms. The lowest BCUT2D eigenvalue weighted by Gasteiger charge is -2.40. The van der Waals surface area contributed by atoms with Crippen molar-refractivity contribution in [3.05, 3.63) is 126 Å². The summed E-state index contributed by atoms with van der Waals surface area (Å²) in [6.45, 7) is 1.98. The van der Waals surface area contributed by atoms with E-state index in [1.807, 2.05) is 85.2 Å². The molecule has 0 unspecified atom stereocenters. The lowest BCUT2D eigenvalue weighted by atomic mass is 9.93. The molecule has 44 heavy (non-hydrogen) atoms. The highest BCUT2D eigenvalue weighted by atomic mass is 19.4. The molecule has 0 fully saturated rings. The quantitative estimate of drug-likeness (QED) is 0.230. The number of nitrogens with zero attached hydrogens (tertiary/aromatic N) is 6. The van der Waals surface area contributed by atoms with E-state index in [2.05, 4.69) is 34.5 Å². The minimum Gasteiger partial charge on any atom is -0.378 e. The molecule has 5 aromatic rings. The van der Waals surface area contributed by atoms with Crippen LogP contribution >= 0.6 is 0 Å². The molecule has 2 aliphatic heterocycles. The van der Waals surface area contributed by atoms with E-state index in [-0.39, 0.29) is 11.7 Å². The average molecular weight is 592 g/mol. The SMILES string of the molecule is Cc1nn(-c2ccccc2)c2c1[C@H](c1ccc(N(C)C)cc1)N1C(=N2)C(Nc2cccc(C(F)(F)F)c2)=Nc2ccccc21. The number of aliphatic imine (C=N–C) groups is 2. The second-order valence-corrected chi connectivity index (χ2v) is 10.9. The number of aromatic nitrogens is 2. The second kappa shape index (κ2) is 10.4. The van der Waals surface area contributed by atoms with Crippen LogP contribution in [0.15, 0.2) is 113 Å². The number of para-hydroxylation sites is 3. The van der Waals surface area contributed by atoms with E-state index in [0.717, 1.165) is 46.0 Å². The van der Waals surface area contributed by atoms with E-state index in [4.69, 9.17) is 15.1 Å². The van der Waals surface area contributed by atoms with Gasteiger partial charge in [0.25, 0.3) is 0 Å². The van der Waals surface area contributed by atoms with Crippen LogP contribution in [-0.2, 0) is 6.18 Å². The molecule has 1 N–H and O–H groups in total. The predicted molar refractivity (Wildman–Crippen MR) is 169 cm³/mol. The van der Waals surface area contributed by atoms with Crippen LogP contribution in [0.3, 0.4) is 0 Å². The molecule has 0 radical (unpaired) electrons. The maximum Gasteiger partial charge on any atom is 0.416 e. The lowest BCUT2D eigenvalue weighted by molar-refractivity contribution is -0.137. The van der Waals surface area contributed by atoms with Gasteiger partial charge in [0.05, 0.1) is 34.4 Å². The lowest BCUT2D eigenvalue weighted by Crippen LogP contribution is -2.46. The Labute approximate surface area is 252 Å². The molecule has 1 atom stereocenters. The number of aryl methyl sites for hydroxylation is 1. The van der Waals surface area contributed by atoms with Crippen molar-refractivity contribution in [3.63, 3.8) is 0 Å². The molecule has 0 amide bonds. The smallest absolute Gasteiger partial charge is 0.378 e. The third-order valence-electron chi connectivity index (χ3n) is 7.82. The molecule has 0 bridgehead atoms. The molecule has 220 valence electrons. The summed E-state index contributed by atoms with van der Waals surface area (Å²) >= 11 is 0. The molecule has 7 rings (SSSR count). The Bertz CT molecular complexity index is 1920. The summed E-state index contributed by atoms with van der Waals surface area (Å²) in [5, 5.41) is 8.10. The van der Waals surface area contributed by atoms with E-state index < -0.39 is 11.7 Å². The molecule has 0 saturated carbocycles. The van der Waals surface area contributed by atoms with Gasteiger partial charge in [-0.05, 0) is 67.1 Å². The van der Waals surface area contributed by atoms with E-state index in [0.29, 0.717) is 23.2 Å². The highest BCUT2D eigenvalue weighted by molar-refractivity contribution is 6.51. The molecular formula is C34H28F3N7. The Kier molecular flexibility index (Phi) is 6.49. The Morgan fingerprint density at radius 1 is 0.818 bits per heavy atom. The van der Waals surface area contributed by atoms with Gasteiger partial charge in [-0.2, -0.15) is 18.3 Å². The Balaban J connectivity index is 1.46. The molecule has 0 aliphatic carbocycles.